The van der Waals surface area contributed by atoms with Crippen LogP contribution in [0.25, 0.3) is 0 Å². The number of nitrogens with two attached hydrogens (primary N) is 1. The first-order valence-corrected chi connectivity index (χ1v) is 8.46. The number of hydrogen-bond acceptors (Lipinski definition) is 5. The molecule has 1 amide bonds. The second-order valence-corrected chi connectivity index (χ2v) is 6.70. The van der Waals surface area contributed by atoms with Gasteiger partial charge in [-0.25, -0.2) is 9.97 Å². The Morgan fingerprint density at radius 2 is 2.05 bits per heavy atom. The first-order valence-electron chi connectivity index (χ1n) is 7.48. The van der Waals surface area contributed by atoms with Gasteiger partial charge in [0.2, 0.25) is 5.91 Å². The quantitative estimate of drug-likeness (QED) is 0.565. The molecular formula is C15H24N4OS. The highest BCUT2D eigenvalue weighted by atomic mass is 32.2. The largest absolute Gasteiger partial charge is 0.368 e. The van der Waals surface area contributed by atoms with Crippen LogP contribution in [-0.2, 0) is 4.79 Å². The topological polar surface area (TPSA) is 80.9 Å². The normalized spacial score (nSPS) is 17.5. The lowest BCUT2D eigenvalue weighted by atomic mass is 9.94. The molecule has 0 radical (unpaired) electrons. The number of amides is 1. The number of nitrogens with zero attached hydrogens (tertiary/aromatic N) is 2. The first-order chi connectivity index (χ1) is 9.98. The van der Waals surface area contributed by atoms with Crippen LogP contribution in [0, 0.1) is 19.8 Å². The van der Waals surface area contributed by atoms with Crippen molar-refractivity contribution in [3.05, 3.63) is 17.5 Å². The molecule has 2 rings (SSSR count). The summed E-state index contributed by atoms with van der Waals surface area (Å²) in [7, 11) is 0. The number of rotatable bonds is 8. The highest BCUT2D eigenvalue weighted by Crippen LogP contribution is 2.42. The maximum Gasteiger partial charge on any atom is 0.238 e. The van der Waals surface area contributed by atoms with Gasteiger partial charge in [0, 0.05) is 17.1 Å². The monoisotopic (exact) mass is 308 g/mol. The van der Waals surface area contributed by atoms with E-state index in [4.69, 9.17) is 5.73 Å². The number of nitrogens with one attached hydrogen (secondary N) is 1. The van der Waals surface area contributed by atoms with Crippen LogP contribution in [0.4, 0.5) is 0 Å². The average Bonchev–Trinajstić information content (AvgIpc) is 3.22. The van der Waals surface area contributed by atoms with Crippen molar-refractivity contribution in [2.45, 2.75) is 50.7 Å². The molecule has 1 atom stereocenters. The van der Waals surface area contributed by atoms with Gasteiger partial charge in [0.25, 0.3) is 0 Å². The lowest BCUT2D eigenvalue weighted by Crippen LogP contribution is -2.59. The Hall–Kier alpha value is -1.14. The fourth-order valence-electron chi connectivity index (χ4n) is 2.53. The molecule has 0 spiro atoms. The van der Waals surface area contributed by atoms with Crippen LogP contribution < -0.4 is 11.1 Å². The van der Waals surface area contributed by atoms with Gasteiger partial charge in [0.05, 0.1) is 0 Å². The zero-order valence-electron chi connectivity index (χ0n) is 13.0. The van der Waals surface area contributed by atoms with E-state index in [9.17, 15) is 4.79 Å². The van der Waals surface area contributed by atoms with Crippen LogP contribution in [0.1, 0.15) is 37.6 Å². The zero-order chi connectivity index (χ0) is 15.5. The highest BCUT2D eigenvalue weighted by molar-refractivity contribution is 7.99. The molecule has 1 saturated carbocycles. The molecule has 5 nitrogen and oxygen atoms in total. The molecule has 6 heteroatoms. The van der Waals surface area contributed by atoms with Crippen molar-refractivity contribution in [1.29, 1.82) is 0 Å². The Labute approximate surface area is 130 Å². The van der Waals surface area contributed by atoms with Crippen molar-refractivity contribution in [2.75, 3.05) is 12.3 Å². The fourth-order valence-corrected chi connectivity index (χ4v) is 3.79. The molecule has 0 aromatic carbocycles. The summed E-state index contributed by atoms with van der Waals surface area (Å²) in [4.78, 5) is 20.9. The Morgan fingerprint density at radius 1 is 1.43 bits per heavy atom. The maximum absolute atomic E-state index is 12.1. The Kier molecular flexibility index (Phi) is 5.22. The molecule has 1 aromatic rings. The van der Waals surface area contributed by atoms with Gasteiger partial charge in [-0.3, -0.25) is 4.79 Å². The summed E-state index contributed by atoms with van der Waals surface area (Å²) in [5.74, 6) is 0.686. The molecule has 0 saturated heterocycles. The van der Waals surface area contributed by atoms with Crippen molar-refractivity contribution in [3.8, 4) is 0 Å². The lowest BCUT2D eigenvalue weighted by molar-refractivity contribution is -0.124. The van der Waals surface area contributed by atoms with E-state index in [0.29, 0.717) is 11.7 Å². The number of aromatic nitrogens is 2. The minimum Gasteiger partial charge on any atom is -0.368 e. The van der Waals surface area contributed by atoms with E-state index >= 15 is 0 Å². The third kappa shape index (κ3) is 3.95. The Bertz CT molecular complexity index is 498. The predicted octanol–water partition coefficient (Wildman–Crippen LogP) is 1.82. The van der Waals surface area contributed by atoms with Gasteiger partial charge in [0.15, 0.2) is 5.16 Å². The van der Waals surface area contributed by atoms with Crippen LogP contribution in [-0.4, -0.2) is 33.7 Å². The molecule has 0 aliphatic heterocycles. The molecule has 0 bridgehead atoms. The van der Waals surface area contributed by atoms with Crippen molar-refractivity contribution in [2.24, 2.45) is 11.7 Å². The third-order valence-corrected chi connectivity index (χ3v) is 4.84. The molecule has 1 unspecified atom stereocenters. The fraction of sp³-hybridized carbons (Fsp3) is 0.667. The van der Waals surface area contributed by atoms with Gasteiger partial charge < -0.3 is 11.1 Å². The predicted molar refractivity (Wildman–Crippen MR) is 85.2 cm³/mol. The number of primary amides is 1. The van der Waals surface area contributed by atoms with Crippen LogP contribution in [0.15, 0.2) is 11.2 Å². The number of carbonyl (C=O) groups excluding carboxylic acids is 1. The maximum atomic E-state index is 12.1. The molecule has 1 aromatic heterocycles. The minimum absolute atomic E-state index is 0.254. The van der Waals surface area contributed by atoms with E-state index in [1.807, 2.05) is 19.9 Å². The Balaban J connectivity index is 2.12. The van der Waals surface area contributed by atoms with Gasteiger partial charge in [-0.05, 0) is 51.6 Å². The number of aryl methyl sites for hydroxylation is 2. The lowest BCUT2D eigenvalue weighted by Gasteiger charge is -2.31. The van der Waals surface area contributed by atoms with E-state index in [1.54, 1.807) is 0 Å². The summed E-state index contributed by atoms with van der Waals surface area (Å²) < 4.78 is 0. The van der Waals surface area contributed by atoms with Crippen LogP contribution in [0.2, 0.25) is 0 Å². The van der Waals surface area contributed by atoms with Gasteiger partial charge in [0.1, 0.15) is 5.54 Å². The summed E-state index contributed by atoms with van der Waals surface area (Å²) in [5, 5.41) is 4.11. The average molecular weight is 308 g/mol. The van der Waals surface area contributed by atoms with E-state index in [-0.39, 0.29) is 5.91 Å². The summed E-state index contributed by atoms with van der Waals surface area (Å²) >= 11 is 1.52. The van der Waals surface area contributed by atoms with Crippen LogP contribution in [0.3, 0.4) is 0 Å². The SMILES string of the molecule is CCCNC(CSc1nc(C)cc(C)n1)(C(N)=O)C1CC1. The molecule has 1 aliphatic carbocycles. The number of hydrogen-bond donors (Lipinski definition) is 2. The zero-order valence-corrected chi connectivity index (χ0v) is 13.8. The summed E-state index contributed by atoms with van der Waals surface area (Å²) in [6.07, 6.45) is 3.11. The van der Waals surface area contributed by atoms with Crippen molar-refractivity contribution < 1.29 is 4.79 Å². The first kappa shape index (κ1) is 16.2. The van der Waals surface area contributed by atoms with E-state index in [0.717, 1.165) is 42.4 Å². The van der Waals surface area contributed by atoms with Crippen molar-refractivity contribution in [3.63, 3.8) is 0 Å². The number of thioether (sulfide) groups is 1. The second-order valence-electron chi connectivity index (χ2n) is 5.76. The Morgan fingerprint density at radius 3 is 2.52 bits per heavy atom. The standard InChI is InChI=1S/C15H24N4OS/c1-4-7-17-15(13(16)20,12-5-6-12)9-21-14-18-10(2)8-11(3)19-14/h8,12,17H,4-7,9H2,1-3H3,(H2,16,20). The van der Waals surface area contributed by atoms with Crippen molar-refractivity contribution in [1.82, 2.24) is 15.3 Å². The summed E-state index contributed by atoms with van der Waals surface area (Å²) in [5.41, 5.74) is 6.99. The summed E-state index contributed by atoms with van der Waals surface area (Å²) in [6.45, 7) is 6.80. The van der Waals surface area contributed by atoms with Crippen molar-refractivity contribution >= 4 is 17.7 Å². The molecular weight excluding hydrogens is 284 g/mol. The molecule has 116 valence electrons. The molecule has 21 heavy (non-hydrogen) atoms. The highest BCUT2D eigenvalue weighted by Gasteiger charge is 2.49. The molecule has 1 fully saturated rings. The molecule has 1 aliphatic rings. The van der Waals surface area contributed by atoms with Gasteiger partial charge >= 0.3 is 0 Å². The van der Waals surface area contributed by atoms with Crippen LogP contribution in [0.5, 0.6) is 0 Å². The smallest absolute Gasteiger partial charge is 0.238 e. The van der Waals surface area contributed by atoms with E-state index in [2.05, 4.69) is 22.2 Å². The van der Waals surface area contributed by atoms with Gasteiger partial charge in [-0.15, -0.1) is 0 Å². The van der Waals surface area contributed by atoms with Crippen LogP contribution >= 0.6 is 11.8 Å². The van der Waals surface area contributed by atoms with E-state index in [1.165, 1.54) is 11.8 Å². The van der Waals surface area contributed by atoms with Gasteiger partial charge in [-0.2, -0.15) is 0 Å². The molecule has 1 heterocycles. The molecule has 3 N–H and O–H groups in total. The summed E-state index contributed by atoms with van der Waals surface area (Å²) in [6, 6.07) is 1.95. The third-order valence-electron chi connectivity index (χ3n) is 3.80. The number of carbonyl (C=O) groups is 1. The second kappa shape index (κ2) is 6.75. The van der Waals surface area contributed by atoms with Gasteiger partial charge in [-0.1, -0.05) is 18.7 Å². The van der Waals surface area contributed by atoms with E-state index < -0.39 is 5.54 Å². The minimum atomic E-state index is -0.623.